The first-order valence-corrected chi connectivity index (χ1v) is 7.17. The summed E-state index contributed by atoms with van der Waals surface area (Å²) in [6, 6.07) is 9.66. The summed E-state index contributed by atoms with van der Waals surface area (Å²) in [6.45, 7) is 1.81. The molecule has 0 radical (unpaired) electrons. The quantitative estimate of drug-likeness (QED) is 0.783. The van der Waals surface area contributed by atoms with Crippen molar-refractivity contribution in [1.29, 1.82) is 0 Å². The van der Waals surface area contributed by atoms with Gasteiger partial charge in [0.1, 0.15) is 5.03 Å². The van der Waals surface area contributed by atoms with Crippen LogP contribution in [-0.4, -0.2) is 35.1 Å². The molecule has 3 rings (SSSR count). The number of aliphatic hydroxyl groups is 1. The number of hydrogen-bond acceptors (Lipinski definition) is 6. The van der Waals surface area contributed by atoms with Gasteiger partial charge >= 0.3 is 0 Å². The van der Waals surface area contributed by atoms with Gasteiger partial charge in [-0.25, -0.2) is 0 Å². The van der Waals surface area contributed by atoms with Crippen LogP contribution in [0.15, 0.2) is 40.5 Å². The Labute approximate surface area is 125 Å². The van der Waals surface area contributed by atoms with Crippen LogP contribution in [0.1, 0.15) is 11.3 Å². The van der Waals surface area contributed by atoms with E-state index in [4.69, 9.17) is 0 Å². The third-order valence-electron chi connectivity index (χ3n) is 3.08. The van der Waals surface area contributed by atoms with Crippen LogP contribution in [0.5, 0.6) is 0 Å². The molecule has 0 saturated heterocycles. The fourth-order valence-corrected chi connectivity index (χ4v) is 3.04. The van der Waals surface area contributed by atoms with Crippen LogP contribution >= 0.6 is 11.8 Å². The topological polar surface area (TPSA) is 81.7 Å². The lowest BCUT2D eigenvalue weighted by Gasteiger charge is -2.05. The van der Waals surface area contributed by atoms with E-state index in [2.05, 4.69) is 20.6 Å². The third kappa shape index (κ3) is 2.55. The molecule has 108 valence electrons. The van der Waals surface area contributed by atoms with Crippen molar-refractivity contribution in [3.05, 3.63) is 41.6 Å². The van der Waals surface area contributed by atoms with E-state index in [0.717, 1.165) is 22.0 Å². The zero-order valence-corrected chi connectivity index (χ0v) is 12.4. The van der Waals surface area contributed by atoms with E-state index in [1.807, 2.05) is 44.3 Å². The average molecular weight is 302 g/mol. The van der Waals surface area contributed by atoms with Gasteiger partial charge in [0, 0.05) is 12.6 Å². The lowest BCUT2D eigenvalue weighted by Crippen LogP contribution is -2.00. The fraction of sp³-hybridized carbons (Fsp3) is 0.231. The molecule has 21 heavy (non-hydrogen) atoms. The Balaban J connectivity index is 1.99. The maximum absolute atomic E-state index is 9.50. The number of benzene rings is 1. The minimum absolute atomic E-state index is 0.0606. The first-order valence-electron chi connectivity index (χ1n) is 6.35. The molecule has 0 atom stereocenters. The SMILES string of the molecule is Cc1nn(C)c(Sc2nnnn2-c2ccccc2)c1CO. The van der Waals surface area contributed by atoms with E-state index in [-0.39, 0.29) is 6.61 Å². The smallest absolute Gasteiger partial charge is 0.220 e. The van der Waals surface area contributed by atoms with Crippen molar-refractivity contribution in [2.24, 2.45) is 7.05 Å². The zero-order chi connectivity index (χ0) is 14.8. The predicted molar refractivity (Wildman–Crippen MR) is 77.1 cm³/mol. The molecule has 0 fully saturated rings. The van der Waals surface area contributed by atoms with E-state index in [1.54, 1.807) is 9.36 Å². The van der Waals surface area contributed by atoms with E-state index in [9.17, 15) is 5.11 Å². The predicted octanol–water partition coefficient (Wildman–Crippen LogP) is 1.35. The molecule has 7 nitrogen and oxygen atoms in total. The molecular formula is C13H14N6OS. The van der Waals surface area contributed by atoms with Gasteiger partial charge in [-0.1, -0.05) is 18.2 Å². The Morgan fingerprint density at radius 1 is 1.24 bits per heavy atom. The molecular weight excluding hydrogens is 288 g/mol. The number of hydrogen-bond donors (Lipinski definition) is 1. The van der Waals surface area contributed by atoms with Crippen LogP contribution in [0.25, 0.3) is 5.69 Å². The van der Waals surface area contributed by atoms with E-state index in [0.29, 0.717) is 5.16 Å². The molecule has 0 aliphatic carbocycles. The second kappa shape index (κ2) is 5.66. The van der Waals surface area contributed by atoms with E-state index < -0.39 is 0 Å². The second-order valence-electron chi connectivity index (χ2n) is 4.46. The van der Waals surface area contributed by atoms with Crippen molar-refractivity contribution < 1.29 is 5.11 Å². The molecule has 0 spiro atoms. The Hall–Kier alpha value is -2.19. The number of nitrogens with zero attached hydrogens (tertiary/aromatic N) is 6. The third-order valence-corrected chi connectivity index (χ3v) is 4.22. The monoisotopic (exact) mass is 302 g/mol. The van der Waals surface area contributed by atoms with E-state index in [1.165, 1.54) is 11.8 Å². The largest absolute Gasteiger partial charge is 0.392 e. The highest BCUT2D eigenvalue weighted by molar-refractivity contribution is 7.99. The molecule has 1 N–H and O–H groups in total. The molecule has 0 amide bonds. The van der Waals surface area contributed by atoms with Crippen molar-refractivity contribution in [3.8, 4) is 5.69 Å². The van der Waals surface area contributed by atoms with Crippen LogP contribution in [-0.2, 0) is 13.7 Å². The molecule has 0 unspecified atom stereocenters. The van der Waals surface area contributed by atoms with Gasteiger partial charge in [-0.2, -0.15) is 9.78 Å². The molecule has 8 heteroatoms. The summed E-state index contributed by atoms with van der Waals surface area (Å²) in [5.41, 5.74) is 2.49. The minimum Gasteiger partial charge on any atom is -0.392 e. The van der Waals surface area contributed by atoms with Crippen molar-refractivity contribution in [2.45, 2.75) is 23.7 Å². The summed E-state index contributed by atoms with van der Waals surface area (Å²) >= 11 is 1.38. The number of tetrazole rings is 1. The molecule has 0 aliphatic rings. The highest BCUT2D eigenvalue weighted by Gasteiger charge is 2.18. The number of aryl methyl sites for hydroxylation is 2. The summed E-state index contributed by atoms with van der Waals surface area (Å²) in [5, 5.41) is 27.1. The van der Waals surface area contributed by atoms with Gasteiger partial charge in [-0.15, -0.1) is 5.10 Å². The highest BCUT2D eigenvalue weighted by atomic mass is 32.2. The molecule has 2 heterocycles. The molecule has 1 aromatic carbocycles. The van der Waals surface area contributed by atoms with Crippen molar-refractivity contribution in [2.75, 3.05) is 0 Å². The molecule has 0 bridgehead atoms. The first-order chi connectivity index (χ1) is 10.2. The molecule has 0 saturated carbocycles. The first kappa shape index (κ1) is 13.8. The van der Waals surface area contributed by atoms with Gasteiger partial charge in [-0.05, 0) is 41.2 Å². The van der Waals surface area contributed by atoms with Crippen molar-refractivity contribution >= 4 is 11.8 Å². The molecule has 2 aromatic heterocycles. The van der Waals surface area contributed by atoms with Gasteiger partial charge in [0.2, 0.25) is 5.16 Å². The zero-order valence-electron chi connectivity index (χ0n) is 11.6. The summed E-state index contributed by atoms with van der Waals surface area (Å²) in [4.78, 5) is 0. The van der Waals surface area contributed by atoms with Gasteiger partial charge in [0.05, 0.1) is 18.0 Å². The number of aliphatic hydroxyl groups excluding tert-OH is 1. The summed E-state index contributed by atoms with van der Waals surface area (Å²) < 4.78 is 3.39. The number of aromatic nitrogens is 6. The van der Waals surface area contributed by atoms with Crippen LogP contribution < -0.4 is 0 Å². The Bertz CT molecular complexity index is 751. The normalized spacial score (nSPS) is 11.0. The molecule has 0 aliphatic heterocycles. The Morgan fingerprint density at radius 2 is 2.00 bits per heavy atom. The van der Waals surface area contributed by atoms with Gasteiger partial charge in [0.15, 0.2) is 0 Å². The van der Waals surface area contributed by atoms with Gasteiger partial charge in [-0.3, -0.25) is 4.68 Å². The average Bonchev–Trinajstić information content (AvgIpc) is 3.05. The minimum atomic E-state index is -0.0606. The Morgan fingerprint density at radius 3 is 2.71 bits per heavy atom. The van der Waals surface area contributed by atoms with E-state index >= 15 is 0 Å². The van der Waals surface area contributed by atoms with Gasteiger partial charge in [0.25, 0.3) is 0 Å². The maximum Gasteiger partial charge on any atom is 0.220 e. The summed E-state index contributed by atoms with van der Waals surface area (Å²) in [5.74, 6) is 0. The maximum atomic E-state index is 9.50. The van der Waals surface area contributed by atoms with Crippen LogP contribution in [0.4, 0.5) is 0 Å². The van der Waals surface area contributed by atoms with Crippen LogP contribution in [0, 0.1) is 6.92 Å². The van der Waals surface area contributed by atoms with Crippen LogP contribution in [0.2, 0.25) is 0 Å². The number of rotatable bonds is 4. The highest BCUT2D eigenvalue weighted by Crippen LogP contribution is 2.31. The van der Waals surface area contributed by atoms with Crippen LogP contribution in [0.3, 0.4) is 0 Å². The van der Waals surface area contributed by atoms with Crippen molar-refractivity contribution in [3.63, 3.8) is 0 Å². The number of para-hydroxylation sites is 1. The fourth-order valence-electron chi connectivity index (χ4n) is 2.05. The second-order valence-corrected chi connectivity index (χ2v) is 5.42. The summed E-state index contributed by atoms with van der Waals surface area (Å²) in [6.07, 6.45) is 0. The lowest BCUT2D eigenvalue weighted by molar-refractivity contribution is 0.277. The van der Waals surface area contributed by atoms with Gasteiger partial charge < -0.3 is 5.11 Å². The molecule has 3 aromatic rings. The Kier molecular flexibility index (Phi) is 3.72. The standard InChI is InChI=1S/C13H14N6OS/c1-9-11(8-20)12(18(2)15-9)21-13-14-16-17-19(13)10-6-4-3-5-7-10/h3-7,20H,8H2,1-2H3. The van der Waals surface area contributed by atoms with Crippen molar-refractivity contribution in [1.82, 2.24) is 30.0 Å². The summed E-state index contributed by atoms with van der Waals surface area (Å²) in [7, 11) is 1.84. The lowest BCUT2D eigenvalue weighted by atomic mass is 10.3.